The average molecular weight is 335 g/mol. The van der Waals surface area contributed by atoms with Gasteiger partial charge in [0, 0.05) is 11.9 Å². The van der Waals surface area contributed by atoms with E-state index in [1.54, 1.807) is 25.1 Å². The fourth-order valence-corrected chi connectivity index (χ4v) is 1.96. The summed E-state index contributed by atoms with van der Waals surface area (Å²) in [4.78, 5) is 18.3. The van der Waals surface area contributed by atoms with E-state index < -0.39 is 10.6 Å². The van der Waals surface area contributed by atoms with Gasteiger partial charge in [0.2, 0.25) is 0 Å². The van der Waals surface area contributed by atoms with Gasteiger partial charge in [-0.1, -0.05) is 0 Å². The third kappa shape index (κ3) is 2.73. The molecule has 7 nitrogen and oxygen atoms in total. The largest absolute Gasteiger partial charge is 0.431 e. The van der Waals surface area contributed by atoms with Gasteiger partial charge in [-0.15, -0.1) is 0 Å². The summed E-state index contributed by atoms with van der Waals surface area (Å²) in [6.45, 7) is 1.80. The molecule has 0 aliphatic heterocycles. The van der Waals surface area contributed by atoms with Crippen LogP contribution in [0.1, 0.15) is 11.3 Å². The highest BCUT2D eigenvalue weighted by Crippen LogP contribution is 2.34. The molecule has 0 atom stereocenters. The second-order valence-electron chi connectivity index (χ2n) is 3.72. The third-order valence-corrected chi connectivity index (χ3v) is 2.92. The zero-order chi connectivity index (χ0) is 14.7. The summed E-state index contributed by atoms with van der Waals surface area (Å²) in [6.07, 6.45) is 1.27. The zero-order valence-corrected chi connectivity index (χ0v) is 11.8. The van der Waals surface area contributed by atoms with Crippen LogP contribution in [0.3, 0.4) is 0 Å². The van der Waals surface area contributed by atoms with Crippen molar-refractivity contribution in [3.05, 3.63) is 50.4 Å². The van der Waals surface area contributed by atoms with Crippen molar-refractivity contribution in [1.82, 2.24) is 9.97 Å². The number of aromatic nitrogens is 2. The summed E-state index contributed by atoms with van der Waals surface area (Å²) in [5.74, 6) is 0.0293. The predicted molar refractivity (Wildman–Crippen MR) is 72.4 cm³/mol. The first kappa shape index (κ1) is 13.9. The molecule has 100 valence electrons. The number of aryl methyl sites for hydroxylation is 1. The lowest BCUT2D eigenvalue weighted by Crippen LogP contribution is -1.99. The van der Waals surface area contributed by atoms with Gasteiger partial charge in [-0.25, -0.2) is 9.97 Å². The highest BCUT2D eigenvalue weighted by atomic mass is 79.9. The van der Waals surface area contributed by atoms with Crippen LogP contribution in [0.15, 0.2) is 29.0 Å². The maximum Gasteiger partial charge on any atom is 0.348 e. The second kappa shape index (κ2) is 5.63. The van der Waals surface area contributed by atoms with Crippen LogP contribution in [-0.2, 0) is 0 Å². The molecular formula is C12H7BrN4O3. The van der Waals surface area contributed by atoms with Gasteiger partial charge >= 0.3 is 11.6 Å². The SMILES string of the molecule is Cc1ccc(Oc2nccc(C#N)c2[N+](=O)[O-])c(Br)n1. The molecule has 2 heterocycles. The van der Waals surface area contributed by atoms with Gasteiger partial charge in [-0.2, -0.15) is 5.26 Å². The minimum atomic E-state index is -0.698. The van der Waals surface area contributed by atoms with Crippen molar-refractivity contribution in [2.75, 3.05) is 0 Å². The van der Waals surface area contributed by atoms with Crippen molar-refractivity contribution in [1.29, 1.82) is 5.26 Å². The molecule has 0 N–H and O–H groups in total. The number of nitro groups is 1. The molecule has 2 aromatic rings. The lowest BCUT2D eigenvalue weighted by Gasteiger charge is -2.07. The normalized spacial score (nSPS) is 9.85. The lowest BCUT2D eigenvalue weighted by molar-refractivity contribution is -0.386. The number of hydrogen-bond donors (Lipinski definition) is 0. The summed E-state index contributed by atoms with van der Waals surface area (Å²) in [5, 5.41) is 19.9. The van der Waals surface area contributed by atoms with E-state index in [1.165, 1.54) is 12.3 Å². The molecule has 2 rings (SSSR count). The van der Waals surface area contributed by atoms with E-state index in [0.29, 0.717) is 4.60 Å². The molecule has 20 heavy (non-hydrogen) atoms. The first-order valence-electron chi connectivity index (χ1n) is 5.37. The van der Waals surface area contributed by atoms with E-state index in [4.69, 9.17) is 10.00 Å². The highest BCUT2D eigenvalue weighted by Gasteiger charge is 2.23. The molecule has 0 radical (unpaired) electrons. The van der Waals surface area contributed by atoms with Gasteiger partial charge in [0.1, 0.15) is 16.2 Å². The molecule has 0 saturated carbocycles. The molecule has 2 aromatic heterocycles. The Labute approximate surface area is 122 Å². The number of rotatable bonds is 3. The van der Waals surface area contributed by atoms with E-state index >= 15 is 0 Å². The zero-order valence-electron chi connectivity index (χ0n) is 10.2. The number of halogens is 1. The van der Waals surface area contributed by atoms with Crippen LogP contribution in [0.25, 0.3) is 0 Å². The Balaban J connectivity index is 2.49. The Morgan fingerprint density at radius 3 is 2.80 bits per heavy atom. The fourth-order valence-electron chi connectivity index (χ4n) is 1.47. The van der Waals surface area contributed by atoms with E-state index in [0.717, 1.165) is 5.69 Å². The summed E-state index contributed by atoms with van der Waals surface area (Å²) in [5.41, 5.74) is 0.177. The number of ether oxygens (including phenoxy) is 1. The first-order chi connectivity index (χ1) is 9.52. The van der Waals surface area contributed by atoms with Crippen LogP contribution in [0.2, 0.25) is 0 Å². The molecule has 0 aliphatic rings. The smallest absolute Gasteiger partial charge is 0.348 e. The Hall–Kier alpha value is -2.53. The quantitative estimate of drug-likeness (QED) is 0.485. The second-order valence-corrected chi connectivity index (χ2v) is 4.48. The Bertz CT molecular complexity index is 727. The van der Waals surface area contributed by atoms with Gasteiger partial charge in [0.05, 0.1) is 4.92 Å². The van der Waals surface area contributed by atoms with E-state index in [2.05, 4.69) is 25.9 Å². The summed E-state index contributed by atoms with van der Waals surface area (Å²) < 4.78 is 5.78. The molecular weight excluding hydrogens is 328 g/mol. The van der Waals surface area contributed by atoms with Crippen LogP contribution in [0.5, 0.6) is 11.6 Å². The monoisotopic (exact) mass is 334 g/mol. The lowest BCUT2D eigenvalue weighted by atomic mass is 10.2. The highest BCUT2D eigenvalue weighted by molar-refractivity contribution is 9.10. The predicted octanol–water partition coefficient (Wildman–Crippen LogP) is 3.12. The summed E-state index contributed by atoms with van der Waals surface area (Å²) in [7, 11) is 0. The average Bonchev–Trinajstić information content (AvgIpc) is 2.41. The number of hydrogen-bond acceptors (Lipinski definition) is 6. The molecule has 0 spiro atoms. The fraction of sp³-hybridized carbons (Fsp3) is 0.0833. The van der Waals surface area contributed by atoms with Crippen LogP contribution in [0, 0.1) is 28.4 Å². The first-order valence-corrected chi connectivity index (χ1v) is 6.16. The standard InChI is InChI=1S/C12H7BrN4O3/c1-7-2-3-9(11(13)16-7)20-12-10(17(18)19)8(6-14)4-5-15-12/h2-5H,1H3. The van der Waals surface area contributed by atoms with E-state index in [-0.39, 0.29) is 17.2 Å². The molecule has 0 bridgehead atoms. The van der Waals surface area contributed by atoms with Gasteiger partial charge < -0.3 is 4.74 Å². The van der Waals surface area contributed by atoms with E-state index in [9.17, 15) is 10.1 Å². The van der Waals surface area contributed by atoms with Crippen LogP contribution in [0.4, 0.5) is 5.69 Å². The van der Waals surface area contributed by atoms with Crippen molar-refractivity contribution >= 4 is 21.6 Å². The molecule has 0 fully saturated rings. The summed E-state index contributed by atoms with van der Waals surface area (Å²) >= 11 is 3.20. The Morgan fingerprint density at radius 1 is 1.45 bits per heavy atom. The van der Waals surface area contributed by atoms with Gasteiger partial charge in [0.25, 0.3) is 0 Å². The van der Waals surface area contributed by atoms with Crippen molar-refractivity contribution in [3.8, 4) is 17.7 Å². The van der Waals surface area contributed by atoms with Crippen LogP contribution >= 0.6 is 15.9 Å². The van der Waals surface area contributed by atoms with Gasteiger partial charge in [0.15, 0.2) is 5.75 Å². The molecule has 8 heteroatoms. The number of nitrogens with zero attached hydrogens (tertiary/aromatic N) is 4. The van der Waals surface area contributed by atoms with Crippen LogP contribution in [-0.4, -0.2) is 14.9 Å². The molecule has 0 amide bonds. The van der Waals surface area contributed by atoms with Gasteiger partial charge in [-0.3, -0.25) is 10.1 Å². The molecule has 0 unspecified atom stereocenters. The van der Waals surface area contributed by atoms with Crippen molar-refractivity contribution in [2.24, 2.45) is 0 Å². The minimum absolute atomic E-state index is 0.115. The maximum atomic E-state index is 11.0. The Morgan fingerprint density at radius 2 is 2.20 bits per heavy atom. The summed E-state index contributed by atoms with van der Waals surface area (Å²) in [6, 6.07) is 6.30. The molecule has 0 aromatic carbocycles. The van der Waals surface area contributed by atoms with Crippen molar-refractivity contribution < 1.29 is 9.66 Å². The van der Waals surface area contributed by atoms with Crippen LogP contribution < -0.4 is 4.74 Å². The maximum absolute atomic E-state index is 11.0. The van der Waals surface area contributed by atoms with E-state index in [1.807, 2.05) is 0 Å². The number of pyridine rings is 2. The minimum Gasteiger partial charge on any atom is -0.431 e. The topological polar surface area (TPSA) is 102 Å². The van der Waals surface area contributed by atoms with Gasteiger partial charge in [-0.05, 0) is 41.1 Å². The van der Waals surface area contributed by atoms with Crippen molar-refractivity contribution in [3.63, 3.8) is 0 Å². The third-order valence-electron chi connectivity index (χ3n) is 2.35. The number of nitriles is 1. The Kier molecular flexibility index (Phi) is 3.91. The van der Waals surface area contributed by atoms with Crippen molar-refractivity contribution in [2.45, 2.75) is 6.92 Å². The molecule has 0 saturated heterocycles. The molecule has 0 aliphatic carbocycles.